The number of fused-ring (bicyclic) bond motifs is 1. The molecule has 0 spiro atoms. The van der Waals surface area contributed by atoms with Gasteiger partial charge >= 0.3 is 5.69 Å². The summed E-state index contributed by atoms with van der Waals surface area (Å²) in [5, 5.41) is 14.0. The van der Waals surface area contributed by atoms with Gasteiger partial charge in [-0.3, -0.25) is 9.56 Å². The number of halogens is 1. The fraction of sp³-hybridized carbons (Fsp3) is 0.444. The molecule has 0 bridgehead atoms. The minimum absolute atomic E-state index is 0.0352. The number of hydrogen-bond acceptors (Lipinski definition) is 6. The summed E-state index contributed by atoms with van der Waals surface area (Å²) < 4.78 is 1.58. The van der Waals surface area contributed by atoms with Crippen LogP contribution in [-0.2, 0) is 23.8 Å². The number of H-pyrrole nitrogens is 1. The lowest BCUT2D eigenvalue weighted by molar-refractivity contribution is 0.574. The molecule has 2 aromatic carbocycles. The first-order valence-electron chi connectivity index (χ1n) is 16.1. The molecule has 47 heavy (non-hydrogen) atoms. The number of unbranched alkanes of at least 4 members (excludes halogenated alkanes) is 1. The quantitative estimate of drug-likeness (QED) is 0.0795. The van der Waals surface area contributed by atoms with Crippen molar-refractivity contribution in [3.8, 4) is 11.8 Å². The largest absolute Gasteiger partial charge is 0.370 e. The summed E-state index contributed by atoms with van der Waals surface area (Å²) in [5.74, 6) is 0.123. The molecule has 11 heteroatoms. The standard InChI is InChI=1S/C21H29N7O.C15H21ClN2/c1-21(2,3)17-11-15-13-28(20(29)27-18(15)26-17)16-7-5-14(6-8-16)12-24-9-4-10-25-19(22)23;1-15(2,3)13-9-11(6-4-5-7-17)8-12(10-18)14(13)16/h5-8,11,13,24H,4,9-10,12H2,1-3H3,(H4,22,23,25)(H,26,27,29);8-9H,4-7,17H2,1-3H3. The van der Waals surface area contributed by atoms with Crippen LogP contribution in [0.2, 0.25) is 5.02 Å². The van der Waals surface area contributed by atoms with E-state index in [1.54, 1.807) is 4.57 Å². The summed E-state index contributed by atoms with van der Waals surface area (Å²) in [7, 11) is 0. The number of nitriles is 1. The van der Waals surface area contributed by atoms with E-state index in [1.807, 2.05) is 36.5 Å². The van der Waals surface area contributed by atoms with Crippen LogP contribution in [0.3, 0.4) is 0 Å². The van der Waals surface area contributed by atoms with E-state index in [2.05, 4.69) is 80.0 Å². The van der Waals surface area contributed by atoms with E-state index in [-0.39, 0.29) is 22.5 Å². The van der Waals surface area contributed by atoms with Gasteiger partial charge in [0.1, 0.15) is 11.7 Å². The van der Waals surface area contributed by atoms with Gasteiger partial charge in [-0.1, -0.05) is 71.3 Å². The van der Waals surface area contributed by atoms with Crippen molar-refractivity contribution in [3.63, 3.8) is 0 Å². The molecule has 0 atom stereocenters. The van der Waals surface area contributed by atoms with Crippen molar-refractivity contribution in [1.82, 2.24) is 19.9 Å². The first kappa shape index (κ1) is 37.3. The Balaban J connectivity index is 0.000000287. The van der Waals surface area contributed by atoms with Gasteiger partial charge in [-0.05, 0) is 85.1 Å². The molecule has 4 aromatic rings. The van der Waals surface area contributed by atoms with Crippen LogP contribution in [0, 0.1) is 11.3 Å². The second-order valence-electron chi connectivity index (χ2n) is 13.7. The highest BCUT2D eigenvalue weighted by atomic mass is 35.5. The normalized spacial score (nSPS) is 11.6. The Bertz CT molecular complexity index is 1750. The fourth-order valence-corrected chi connectivity index (χ4v) is 5.37. The zero-order valence-electron chi connectivity index (χ0n) is 28.6. The SMILES string of the molecule is CC(C)(C)c1cc(CCCCN)cc(C#N)c1Cl.CC(C)(C)c1cc2cn(-c3ccc(CNCCCN=C(N)N)cc3)c(=O)nc2[nH]1. The number of nitrogens with zero attached hydrogens (tertiary/aromatic N) is 4. The van der Waals surface area contributed by atoms with Crippen molar-refractivity contribution in [2.75, 3.05) is 19.6 Å². The fourth-order valence-electron chi connectivity index (χ4n) is 4.93. The van der Waals surface area contributed by atoms with Crippen LogP contribution < -0.4 is 28.2 Å². The van der Waals surface area contributed by atoms with E-state index in [4.69, 9.17) is 34.1 Å². The van der Waals surface area contributed by atoms with Crippen LogP contribution in [0.1, 0.15) is 88.8 Å². The van der Waals surface area contributed by atoms with Crippen LogP contribution >= 0.6 is 11.6 Å². The van der Waals surface area contributed by atoms with Crippen LogP contribution in [0.25, 0.3) is 16.7 Å². The zero-order chi connectivity index (χ0) is 34.8. The molecule has 2 heterocycles. The molecule has 0 unspecified atom stereocenters. The molecule has 10 nitrogen and oxygen atoms in total. The van der Waals surface area contributed by atoms with E-state index >= 15 is 0 Å². The number of aromatic amines is 1. The first-order valence-corrected chi connectivity index (χ1v) is 16.4. The van der Waals surface area contributed by atoms with E-state index in [0.29, 0.717) is 29.3 Å². The lowest BCUT2D eigenvalue weighted by atomic mass is 9.84. The number of guanidine groups is 1. The lowest BCUT2D eigenvalue weighted by Gasteiger charge is -2.22. The molecule has 0 aliphatic heterocycles. The molecule has 0 radical (unpaired) electrons. The predicted molar refractivity (Wildman–Crippen MR) is 194 cm³/mol. The number of hydrogen-bond donors (Lipinski definition) is 5. The molecule has 0 saturated carbocycles. The van der Waals surface area contributed by atoms with Crippen molar-refractivity contribution in [1.29, 1.82) is 5.26 Å². The number of aliphatic imine (C=N–C) groups is 1. The molecule has 0 aliphatic carbocycles. The van der Waals surface area contributed by atoms with Gasteiger partial charge in [-0.25, -0.2) is 4.79 Å². The van der Waals surface area contributed by atoms with Crippen molar-refractivity contribution >= 4 is 28.6 Å². The van der Waals surface area contributed by atoms with Crippen molar-refractivity contribution in [2.24, 2.45) is 22.2 Å². The van der Waals surface area contributed by atoms with Gasteiger partial charge in [0.15, 0.2) is 5.96 Å². The van der Waals surface area contributed by atoms with E-state index in [9.17, 15) is 4.79 Å². The van der Waals surface area contributed by atoms with Gasteiger partial charge in [0.2, 0.25) is 0 Å². The molecule has 252 valence electrons. The zero-order valence-corrected chi connectivity index (χ0v) is 29.3. The third kappa shape index (κ3) is 11.0. The van der Waals surface area contributed by atoms with Crippen LogP contribution in [0.15, 0.2) is 58.4 Å². The van der Waals surface area contributed by atoms with Crippen LogP contribution in [0.4, 0.5) is 0 Å². The van der Waals surface area contributed by atoms with Crippen LogP contribution in [0.5, 0.6) is 0 Å². The van der Waals surface area contributed by atoms with Gasteiger partial charge < -0.3 is 27.5 Å². The molecule has 8 N–H and O–H groups in total. The summed E-state index contributed by atoms with van der Waals surface area (Å²) in [6.07, 6.45) is 5.71. The molecule has 4 rings (SSSR count). The van der Waals surface area contributed by atoms with Gasteiger partial charge in [0.05, 0.1) is 16.3 Å². The average Bonchev–Trinajstić information content (AvgIpc) is 3.43. The maximum Gasteiger partial charge on any atom is 0.354 e. The third-order valence-corrected chi connectivity index (χ3v) is 8.05. The Morgan fingerprint density at radius 1 is 1.02 bits per heavy atom. The number of aromatic nitrogens is 3. The third-order valence-electron chi connectivity index (χ3n) is 7.65. The highest BCUT2D eigenvalue weighted by molar-refractivity contribution is 6.32. The minimum atomic E-state index is -0.301. The number of benzene rings is 2. The number of rotatable bonds is 11. The summed E-state index contributed by atoms with van der Waals surface area (Å²) in [5.41, 5.74) is 22.1. The molecule has 0 saturated heterocycles. The van der Waals surface area contributed by atoms with E-state index in [0.717, 1.165) is 66.7 Å². The van der Waals surface area contributed by atoms with E-state index in [1.165, 1.54) is 5.56 Å². The Kier molecular flexibility index (Phi) is 13.2. The van der Waals surface area contributed by atoms with Gasteiger partial charge in [-0.2, -0.15) is 10.2 Å². The second kappa shape index (κ2) is 16.6. The molecular weight excluding hydrogens is 610 g/mol. The van der Waals surface area contributed by atoms with Crippen molar-refractivity contribution in [2.45, 2.75) is 84.6 Å². The Hall–Kier alpha value is -4.17. The molecular formula is C36H50ClN9O. The van der Waals surface area contributed by atoms with Gasteiger partial charge in [0, 0.05) is 35.8 Å². The second-order valence-corrected chi connectivity index (χ2v) is 14.1. The Morgan fingerprint density at radius 3 is 2.32 bits per heavy atom. The molecule has 0 aliphatic rings. The summed E-state index contributed by atoms with van der Waals surface area (Å²) in [4.78, 5) is 23.9. The maximum absolute atomic E-state index is 12.5. The highest BCUT2D eigenvalue weighted by Crippen LogP contribution is 2.33. The molecule has 0 amide bonds. The van der Waals surface area contributed by atoms with Crippen molar-refractivity contribution < 1.29 is 0 Å². The van der Waals surface area contributed by atoms with Gasteiger partial charge in [-0.15, -0.1) is 0 Å². The van der Waals surface area contributed by atoms with Gasteiger partial charge in [0.25, 0.3) is 0 Å². The monoisotopic (exact) mass is 659 g/mol. The highest BCUT2D eigenvalue weighted by Gasteiger charge is 2.21. The average molecular weight is 660 g/mol. The lowest BCUT2D eigenvalue weighted by Crippen LogP contribution is -2.23. The first-order chi connectivity index (χ1) is 22.1. The maximum atomic E-state index is 12.5. The minimum Gasteiger partial charge on any atom is -0.370 e. The summed E-state index contributed by atoms with van der Waals surface area (Å²) >= 11 is 6.28. The van der Waals surface area contributed by atoms with Crippen molar-refractivity contribution in [3.05, 3.63) is 92.1 Å². The predicted octanol–water partition coefficient (Wildman–Crippen LogP) is 5.55. The number of nitrogens with one attached hydrogen (secondary N) is 2. The Morgan fingerprint density at radius 2 is 1.72 bits per heavy atom. The van der Waals surface area contributed by atoms with E-state index < -0.39 is 0 Å². The Labute approximate surface area is 283 Å². The summed E-state index contributed by atoms with van der Waals surface area (Å²) in [6, 6.07) is 16.1. The number of nitrogens with two attached hydrogens (primary N) is 3. The van der Waals surface area contributed by atoms with Crippen LogP contribution in [-0.4, -0.2) is 40.1 Å². The molecule has 2 aromatic heterocycles. The topological polar surface area (TPSA) is 177 Å². The smallest absolute Gasteiger partial charge is 0.354 e. The summed E-state index contributed by atoms with van der Waals surface area (Å²) in [6.45, 7) is 15.6. The molecule has 0 fully saturated rings. The number of aryl methyl sites for hydroxylation is 1.